The number of nitrogens with one attached hydrogen (secondary N) is 1. The van der Waals surface area contributed by atoms with Crippen LogP contribution in [-0.2, 0) is 13.0 Å². The quantitative estimate of drug-likeness (QED) is 0.841. The van der Waals surface area contributed by atoms with Crippen LogP contribution >= 0.6 is 12.2 Å². The molecule has 0 spiro atoms. The van der Waals surface area contributed by atoms with Crippen molar-refractivity contribution in [3.05, 3.63) is 47.5 Å². The molecule has 23 heavy (non-hydrogen) atoms. The lowest BCUT2D eigenvalue weighted by atomic mass is 10.0. The molecule has 0 saturated carbocycles. The molecule has 0 aliphatic carbocycles. The fraction of sp³-hybridized carbons (Fsp3) is 0.278. The van der Waals surface area contributed by atoms with Gasteiger partial charge >= 0.3 is 0 Å². The van der Waals surface area contributed by atoms with Crippen LogP contribution in [0.4, 0.5) is 5.69 Å². The van der Waals surface area contributed by atoms with Gasteiger partial charge in [0.1, 0.15) is 12.4 Å². The van der Waals surface area contributed by atoms with Crippen LogP contribution in [0.15, 0.2) is 36.4 Å². The molecule has 0 amide bonds. The molecule has 3 rings (SSSR count). The third-order valence-electron chi connectivity index (χ3n) is 3.83. The first-order valence-corrected chi connectivity index (χ1v) is 7.87. The number of thiocarbonyl (C=S) groups is 1. The minimum absolute atomic E-state index is 0.477. The fourth-order valence-corrected chi connectivity index (χ4v) is 2.80. The van der Waals surface area contributed by atoms with Gasteiger partial charge in [0.05, 0.1) is 19.2 Å². The zero-order chi connectivity index (χ0) is 16.2. The van der Waals surface area contributed by atoms with Crippen LogP contribution in [-0.4, -0.2) is 19.2 Å². The third-order valence-corrected chi connectivity index (χ3v) is 4.13. The summed E-state index contributed by atoms with van der Waals surface area (Å²) in [6, 6.07) is 11.8. The van der Waals surface area contributed by atoms with Crippen molar-refractivity contribution in [3.8, 4) is 17.2 Å². The van der Waals surface area contributed by atoms with E-state index in [1.807, 2.05) is 30.3 Å². The zero-order valence-electron chi connectivity index (χ0n) is 13.2. The Bertz CT molecular complexity index is 730. The Labute approximate surface area is 141 Å². The van der Waals surface area contributed by atoms with Crippen LogP contribution in [0.5, 0.6) is 17.2 Å². The van der Waals surface area contributed by atoms with Gasteiger partial charge < -0.3 is 19.5 Å². The van der Waals surface area contributed by atoms with E-state index >= 15 is 0 Å². The van der Waals surface area contributed by atoms with Crippen LogP contribution in [0.3, 0.4) is 0 Å². The number of rotatable bonds is 5. The molecule has 1 aliphatic heterocycles. The van der Waals surface area contributed by atoms with Gasteiger partial charge in [-0.3, -0.25) is 0 Å². The Morgan fingerprint density at radius 1 is 1.00 bits per heavy atom. The number of aryl methyl sites for hydroxylation is 1. The van der Waals surface area contributed by atoms with Gasteiger partial charge in [-0.25, -0.2) is 0 Å². The van der Waals surface area contributed by atoms with Crippen molar-refractivity contribution in [1.82, 2.24) is 0 Å². The summed E-state index contributed by atoms with van der Waals surface area (Å²) in [5, 5.41) is 3.23. The predicted molar refractivity (Wildman–Crippen MR) is 94.9 cm³/mol. The predicted octanol–water partition coefficient (Wildman–Crippen LogP) is 3.97. The Kier molecular flexibility index (Phi) is 4.67. The maximum Gasteiger partial charge on any atom is 0.161 e. The number of anilines is 1. The number of methoxy groups -OCH3 is 2. The smallest absolute Gasteiger partial charge is 0.161 e. The van der Waals surface area contributed by atoms with Gasteiger partial charge in [-0.2, -0.15) is 0 Å². The van der Waals surface area contributed by atoms with Gasteiger partial charge in [-0.15, -0.1) is 0 Å². The molecule has 1 heterocycles. The molecule has 0 radical (unpaired) electrons. The molecule has 0 fully saturated rings. The summed E-state index contributed by atoms with van der Waals surface area (Å²) in [5.74, 6) is 2.27. The zero-order valence-corrected chi connectivity index (χ0v) is 14.0. The van der Waals surface area contributed by atoms with E-state index in [4.69, 9.17) is 26.4 Å². The average Bonchev–Trinajstić information content (AvgIpc) is 2.59. The lowest BCUT2D eigenvalue weighted by Crippen LogP contribution is -2.17. The van der Waals surface area contributed by atoms with Gasteiger partial charge in [-0.1, -0.05) is 18.3 Å². The number of hydrogen-bond acceptors (Lipinski definition) is 4. The first-order chi connectivity index (χ1) is 11.2. The third kappa shape index (κ3) is 3.56. The van der Waals surface area contributed by atoms with Gasteiger partial charge in [0.15, 0.2) is 11.5 Å². The summed E-state index contributed by atoms with van der Waals surface area (Å²) in [6.45, 7) is 0.477. The highest BCUT2D eigenvalue weighted by molar-refractivity contribution is 7.80. The molecule has 2 aromatic carbocycles. The molecule has 0 bridgehead atoms. The largest absolute Gasteiger partial charge is 0.493 e. The molecule has 0 unspecified atom stereocenters. The van der Waals surface area contributed by atoms with E-state index < -0.39 is 0 Å². The molecule has 1 N–H and O–H groups in total. The maximum absolute atomic E-state index is 5.90. The second-order valence-corrected chi connectivity index (χ2v) is 5.84. The van der Waals surface area contributed by atoms with Crippen LogP contribution in [0, 0.1) is 0 Å². The summed E-state index contributed by atoms with van der Waals surface area (Å²) in [7, 11) is 3.25. The first kappa shape index (κ1) is 15.6. The van der Waals surface area contributed by atoms with E-state index in [-0.39, 0.29) is 0 Å². The highest BCUT2D eigenvalue weighted by atomic mass is 32.1. The van der Waals surface area contributed by atoms with Crippen molar-refractivity contribution in [2.45, 2.75) is 19.4 Å². The Morgan fingerprint density at radius 2 is 1.83 bits per heavy atom. The number of benzene rings is 2. The van der Waals surface area contributed by atoms with Gasteiger partial charge in [0.2, 0.25) is 0 Å². The molecular weight excluding hydrogens is 310 g/mol. The van der Waals surface area contributed by atoms with Crippen molar-refractivity contribution in [2.24, 2.45) is 0 Å². The molecule has 2 aromatic rings. The van der Waals surface area contributed by atoms with Crippen molar-refractivity contribution in [2.75, 3.05) is 19.5 Å². The van der Waals surface area contributed by atoms with E-state index in [9.17, 15) is 0 Å². The number of hydrogen-bond donors (Lipinski definition) is 1. The molecule has 4 nitrogen and oxygen atoms in total. The molecule has 120 valence electrons. The first-order valence-electron chi connectivity index (χ1n) is 7.46. The minimum Gasteiger partial charge on any atom is -0.493 e. The van der Waals surface area contributed by atoms with Crippen molar-refractivity contribution in [1.29, 1.82) is 0 Å². The molecular formula is C18H19NO3S. The Balaban J connectivity index is 1.70. The minimum atomic E-state index is 0.477. The van der Waals surface area contributed by atoms with Crippen LogP contribution < -0.4 is 19.5 Å². The van der Waals surface area contributed by atoms with Gasteiger partial charge in [0, 0.05) is 12.1 Å². The topological polar surface area (TPSA) is 39.7 Å². The Hall–Kier alpha value is -2.27. The van der Waals surface area contributed by atoms with E-state index in [0.717, 1.165) is 34.8 Å². The van der Waals surface area contributed by atoms with Crippen molar-refractivity contribution < 1.29 is 14.2 Å². The molecule has 0 saturated heterocycles. The lowest BCUT2D eigenvalue weighted by Gasteiger charge is -2.19. The van der Waals surface area contributed by atoms with Gasteiger partial charge in [0.25, 0.3) is 0 Å². The van der Waals surface area contributed by atoms with E-state index in [1.54, 1.807) is 14.2 Å². The summed E-state index contributed by atoms with van der Waals surface area (Å²) >= 11 is 5.21. The summed E-state index contributed by atoms with van der Waals surface area (Å²) in [4.78, 5) is 0.900. The number of ether oxygens (including phenoxy) is 3. The van der Waals surface area contributed by atoms with E-state index in [1.165, 1.54) is 5.56 Å². The molecule has 5 heteroatoms. The highest BCUT2D eigenvalue weighted by Gasteiger charge is 2.13. The van der Waals surface area contributed by atoms with Crippen LogP contribution in [0.2, 0.25) is 0 Å². The Morgan fingerprint density at radius 3 is 2.61 bits per heavy atom. The molecule has 0 atom stereocenters. The molecule has 0 aromatic heterocycles. The van der Waals surface area contributed by atoms with E-state index in [0.29, 0.717) is 18.1 Å². The van der Waals surface area contributed by atoms with Crippen molar-refractivity contribution >= 4 is 22.9 Å². The summed E-state index contributed by atoms with van der Waals surface area (Å²) < 4.78 is 16.5. The van der Waals surface area contributed by atoms with E-state index in [2.05, 4.69) is 11.4 Å². The second-order valence-electron chi connectivity index (χ2n) is 5.35. The monoisotopic (exact) mass is 329 g/mol. The summed E-state index contributed by atoms with van der Waals surface area (Å²) in [6.07, 6.45) is 1.84. The van der Waals surface area contributed by atoms with Crippen LogP contribution in [0.1, 0.15) is 17.5 Å². The van der Waals surface area contributed by atoms with Crippen LogP contribution in [0.25, 0.3) is 0 Å². The van der Waals surface area contributed by atoms with Crippen molar-refractivity contribution in [3.63, 3.8) is 0 Å². The maximum atomic E-state index is 5.90. The normalized spacial score (nSPS) is 13.0. The summed E-state index contributed by atoms with van der Waals surface area (Å²) in [5.41, 5.74) is 3.35. The van der Waals surface area contributed by atoms with Gasteiger partial charge in [-0.05, 0) is 47.9 Å². The SMILES string of the molecule is COc1ccc(COc2ccc3c(c2)CCC(=S)N3)cc1OC. The fourth-order valence-electron chi connectivity index (χ4n) is 2.59. The lowest BCUT2D eigenvalue weighted by molar-refractivity contribution is 0.303. The molecule has 1 aliphatic rings. The standard InChI is InChI=1S/C18H19NO3S/c1-20-16-7-3-12(9-17(16)21-2)11-22-14-5-6-15-13(10-14)4-8-18(23)19-15/h3,5-7,9-10H,4,8,11H2,1-2H3,(H,19,23). The number of fused-ring (bicyclic) bond motifs is 1. The highest BCUT2D eigenvalue weighted by Crippen LogP contribution is 2.30. The average molecular weight is 329 g/mol. The second kappa shape index (κ2) is 6.87.